The lowest BCUT2D eigenvalue weighted by atomic mass is 10.0. The maximum atomic E-state index is 12.5. The minimum Gasteiger partial charge on any atom is -0.423 e. The van der Waals surface area contributed by atoms with Crippen molar-refractivity contribution >= 4 is 11.9 Å². The Kier molecular flexibility index (Phi) is 5.83. The van der Waals surface area contributed by atoms with Crippen molar-refractivity contribution in [3.8, 4) is 11.5 Å². The largest absolute Gasteiger partial charge is 0.423 e. The van der Waals surface area contributed by atoms with E-state index in [2.05, 4.69) is 0 Å². The molecule has 0 N–H and O–H groups in total. The number of ether oxygens (including phenoxy) is 2. The van der Waals surface area contributed by atoms with Crippen LogP contribution in [0.1, 0.15) is 48.5 Å². The molecule has 3 aromatic carbocycles. The van der Waals surface area contributed by atoms with E-state index >= 15 is 0 Å². The standard InChI is InChI=1S/C25H24O4/c1-15-6-10-20(11-7-15)24(26)28-22-14-17(3)23(19(5)18(22)4)29-25(27)21-12-8-16(2)9-13-21/h6-14H,1-5H3. The molecule has 0 heterocycles. The summed E-state index contributed by atoms with van der Waals surface area (Å²) in [6.45, 7) is 9.44. The highest BCUT2D eigenvalue weighted by atomic mass is 16.5. The van der Waals surface area contributed by atoms with Gasteiger partial charge in [-0.1, -0.05) is 35.4 Å². The highest BCUT2D eigenvalue weighted by molar-refractivity contribution is 5.92. The normalized spacial score (nSPS) is 10.5. The van der Waals surface area contributed by atoms with Gasteiger partial charge >= 0.3 is 11.9 Å². The van der Waals surface area contributed by atoms with Gasteiger partial charge in [0.05, 0.1) is 11.1 Å². The van der Waals surface area contributed by atoms with E-state index in [1.165, 1.54) is 0 Å². The zero-order chi connectivity index (χ0) is 21.1. The molecule has 0 radical (unpaired) electrons. The number of carbonyl (C=O) groups excluding carboxylic acids is 2. The van der Waals surface area contributed by atoms with Crippen molar-refractivity contribution < 1.29 is 19.1 Å². The molecule has 0 aliphatic carbocycles. The van der Waals surface area contributed by atoms with Crippen LogP contribution in [0.2, 0.25) is 0 Å². The molecule has 148 valence electrons. The minimum absolute atomic E-state index is 0.417. The predicted octanol–water partition coefficient (Wildman–Crippen LogP) is 5.67. The summed E-state index contributed by atoms with van der Waals surface area (Å²) in [6.07, 6.45) is 0. The number of aryl methyl sites for hydroxylation is 3. The highest BCUT2D eigenvalue weighted by Crippen LogP contribution is 2.34. The summed E-state index contributed by atoms with van der Waals surface area (Å²) in [4.78, 5) is 25.0. The first-order valence-corrected chi connectivity index (χ1v) is 9.44. The van der Waals surface area contributed by atoms with Crippen molar-refractivity contribution in [3.63, 3.8) is 0 Å². The van der Waals surface area contributed by atoms with Crippen LogP contribution in [-0.2, 0) is 0 Å². The molecule has 29 heavy (non-hydrogen) atoms. The van der Waals surface area contributed by atoms with Crippen LogP contribution in [0.15, 0.2) is 54.6 Å². The maximum absolute atomic E-state index is 12.5. The van der Waals surface area contributed by atoms with Crippen LogP contribution in [-0.4, -0.2) is 11.9 Å². The molecule has 3 aromatic rings. The third kappa shape index (κ3) is 4.54. The summed E-state index contributed by atoms with van der Waals surface area (Å²) < 4.78 is 11.3. The molecule has 0 spiro atoms. The SMILES string of the molecule is Cc1ccc(C(=O)Oc2cc(C)c(OC(=O)c3ccc(C)cc3)c(C)c2C)cc1. The van der Waals surface area contributed by atoms with Crippen molar-refractivity contribution in [1.82, 2.24) is 0 Å². The van der Waals surface area contributed by atoms with E-state index in [1.807, 2.05) is 58.9 Å². The van der Waals surface area contributed by atoms with Gasteiger partial charge in [-0.05, 0) is 81.6 Å². The van der Waals surface area contributed by atoms with Gasteiger partial charge in [0.1, 0.15) is 11.5 Å². The van der Waals surface area contributed by atoms with E-state index < -0.39 is 11.9 Å². The fraction of sp³-hybridized carbons (Fsp3) is 0.200. The van der Waals surface area contributed by atoms with Crippen LogP contribution in [0, 0.1) is 34.6 Å². The number of carbonyl (C=O) groups is 2. The third-order valence-electron chi connectivity index (χ3n) is 4.95. The Labute approximate surface area is 171 Å². The molecule has 0 amide bonds. The Morgan fingerprint density at radius 3 is 1.55 bits per heavy atom. The summed E-state index contributed by atoms with van der Waals surface area (Å²) in [7, 11) is 0. The first kappa shape index (κ1) is 20.3. The quantitative estimate of drug-likeness (QED) is 0.427. The van der Waals surface area contributed by atoms with E-state index in [4.69, 9.17) is 9.47 Å². The molecule has 0 aliphatic rings. The molecule has 0 bridgehead atoms. The van der Waals surface area contributed by atoms with Crippen molar-refractivity contribution in [2.45, 2.75) is 34.6 Å². The van der Waals surface area contributed by atoms with Gasteiger partial charge < -0.3 is 9.47 Å². The molecule has 0 saturated carbocycles. The molecule has 0 aliphatic heterocycles. The topological polar surface area (TPSA) is 52.6 Å². The molecular weight excluding hydrogens is 364 g/mol. The smallest absolute Gasteiger partial charge is 0.343 e. The highest BCUT2D eigenvalue weighted by Gasteiger charge is 2.18. The van der Waals surface area contributed by atoms with Crippen molar-refractivity contribution in [3.05, 3.63) is 93.5 Å². The van der Waals surface area contributed by atoms with Crippen LogP contribution in [0.25, 0.3) is 0 Å². The van der Waals surface area contributed by atoms with Gasteiger partial charge in [-0.3, -0.25) is 0 Å². The lowest BCUT2D eigenvalue weighted by Crippen LogP contribution is -2.13. The molecule has 0 saturated heterocycles. The first-order chi connectivity index (χ1) is 13.8. The Morgan fingerprint density at radius 2 is 1.07 bits per heavy atom. The van der Waals surface area contributed by atoms with Gasteiger partial charge in [0.25, 0.3) is 0 Å². The van der Waals surface area contributed by atoms with Crippen LogP contribution < -0.4 is 9.47 Å². The number of hydrogen-bond acceptors (Lipinski definition) is 4. The second-order valence-corrected chi connectivity index (χ2v) is 7.28. The van der Waals surface area contributed by atoms with E-state index in [-0.39, 0.29) is 0 Å². The molecule has 0 aromatic heterocycles. The fourth-order valence-corrected chi connectivity index (χ4v) is 2.97. The number of esters is 2. The van der Waals surface area contributed by atoms with E-state index in [0.717, 1.165) is 27.8 Å². The Bertz CT molecular complexity index is 1060. The van der Waals surface area contributed by atoms with Crippen LogP contribution in [0.3, 0.4) is 0 Å². The molecule has 4 nitrogen and oxygen atoms in total. The zero-order valence-electron chi connectivity index (χ0n) is 17.3. The van der Waals surface area contributed by atoms with Gasteiger partial charge in [-0.15, -0.1) is 0 Å². The monoisotopic (exact) mass is 388 g/mol. The van der Waals surface area contributed by atoms with Crippen LogP contribution in [0.5, 0.6) is 11.5 Å². The summed E-state index contributed by atoms with van der Waals surface area (Å²) in [6, 6.07) is 16.2. The number of hydrogen-bond donors (Lipinski definition) is 0. The third-order valence-corrected chi connectivity index (χ3v) is 4.95. The lowest BCUT2D eigenvalue weighted by molar-refractivity contribution is 0.0716. The molecule has 4 heteroatoms. The summed E-state index contributed by atoms with van der Waals surface area (Å²) >= 11 is 0. The molecule has 0 fully saturated rings. The Balaban J connectivity index is 1.84. The van der Waals surface area contributed by atoms with Crippen LogP contribution in [0.4, 0.5) is 0 Å². The molecule has 3 rings (SSSR count). The predicted molar refractivity (Wildman–Crippen MR) is 113 cm³/mol. The van der Waals surface area contributed by atoms with Crippen molar-refractivity contribution in [2.75, 3.05) is 0 Å². The number of benzene rings is 3. The average molecular weight is 388 g/mol. The molecule has 0 atom stereocenters. The first-order valence-electron chi connectivity index (χ1n) is 9.44. The Hall–Kier alpha value is -3.40. The summed E-state index contributed by atoms with van der Waals surface area (Å²) in [5, 5.41) is 0. The van der Waals surface area contributed by atoms with Gasteiger partial charge in [0.15, 0.2) is 0 Å². The Morgan fingerprint density at radius 1 is 0.621 bits per heavy atom. The van der Waals surface area contributed by atoms with Crippen LogP contribution >= 0.6 is 0 Å². The second-order valence-electron chi connectivity index (χ2n) is 7.28. The summed E-state index contributed by atoms with van der Waals surface area (Å²) in [5.41, 5.74) is 5.36. The maximum Gasteiger partial charge on any atom is 0.343 e. The lowest BCUT2D eigenvalue weighted by Gasteiger charge is -2.16. The van der Waals surface area contributed by atoms with Gasteiger partial charge in [0, 0.05) is 0 Å². The minimum atomic E-state index is -0.420. The fourth-order valence-electron chi connectivity index (χ4n) is 2.97. The number of rotatable bonds is 4. The molecule has 0 unspecified atom stereocenters. The van der Waals surface area contributed by atoms with Gasteiger partial charge in [-0.25, -0.2) is 9.59 Å². The van der Waals surface area contributed by atoms with Gasteiger partial charge in [-0.2, -0.15) is 0 Å². The second kappa shape index (κ2) is 8.31. The van der Waals surface area contributed by atoms with Crippen molar-refractivity contribution in [2.24, 2.45) is 0 Å². The van der Waals surface area contributed by atoms with E-state index in [0.29, 0.717) is 22.6 Å². The summed E-state index contributed by atoms with van der Waals surface area (Å²) in [5.74, 6) is 0.111. The van der Waals surface area contributed by atoms with E-state index in [9.17, 15) is 9.59 Å². The average Bonchev–Trinajstić information content (AvgIpc) is 2.70. The molecular formula is C25H24O4. The van der Waals surface area contributed by atoms with Gasteiger partial charge in [0.2, 0.25) is 0 Å². The van der Waals surface area contributed by atoms with E-state index in [1.54, 1.807) is 30.3 Å². The van der Waals surface area contributed by atoms with Crippen molar-refractivity contribution in [1.29, 1.82) is 0 Å². The zero-order valence-corrected chi connectivity index (χ0v) is 17.3.